The molecular weight excluding hydrogens is 677 g/mol. The van der Waals surface area contributed by atoms with Crippen LogP contribution in [0.3, 0.4) is 0 Å². The van der Waals surface area contributed by atoms with Crippen LogP contribution in [-0.2, 0) is 0 Å². The Morgan fingerprint density at radius 1 is 0.444 bits per heavy atom. The van der Waals surface area contributed by atoms with Crippen molar-refractivity contribution in [3.8, 4) is 27.9 Å². The van der Waals surface area contributed by atoms with Crippen LogP contribution in [-0.4, -0.2) is 4.57 Å². The Labute approximate surface area is 316 Å². The van der Waals surface area contributed by atoms with Crippen molar-refractivity contribution in [3.05, 3.63) is 194 Å². The van der Waals surface area contributed by atoms with Crippen molar-refractivity contribution in [1.29, 1.82) is 0 Å². The number of hydrogen-bond donors (Lipinski definition) is 0. The van der Waals surface area contributed by atoms with E-state index in [2.05, 4.69) is 198 Å². The lowest BCUT2D eigenvalue weighted by Crippen LogP contribution is -2.10. The number of furan rings is 1. The molecule has 0 amide bonds. The highest BCUT2D eigenvalue weighted by molar-refractivity contribution is 7.26. The van der Waals surface area contributed by atoms with Crippen LogP contribution in [0.1, 0.15) is 0 Å². The van der Waals surface area contributed by atoms with Crippen molar-refractivity contribution >= 4 is 81.5 Å². The minimum atomic E-state index is 0.866. The van der Waals surface area contributed by atoms with Gasteiger partial charge in [-0.05, 0) is 89.0 Å². The quantitative estimate of drug-likeness (QED) is 0.171. The van der Waals surface area contributed by atoms with E-state index in [4.69, 9.17) is 4.42 Å². The van der Waals surface area contributed by atoms with Gasteiger partial charge in [0.05, 0.1) is 21.3 Å². The van der Waals surface area contributed by atoms with Crippen LogP contribution in [0.4, 0.5) is 17.1 Å². The van der Waals surface area contributed by atoms with Gasteiger partial charge in [0, 0.05) is 43.3 Å². The van der Waals surface area contributed by atoms with E-state index in [1.54, 1.807) is 0 Å². The van der Waals surface area contributed by atoms with Gasteiger partial charge >= 0.3 is 0 Å². The van der Waals surface area contributed by atoms with Gasteiger partial charge in [0.2, 0.25) is 5.71 Å². The minimum Gasteiger partial charge on any atom is -0.439 e. The third-order valence-corrected chi connectivity index (χ3v) is 11.8. The molecule has 0 radical (unpaired) electrons. The maximum absolute atomic E-state index is 6.57. The Hall–Kier alpha value is -6.88. The van der Waals surface area contributed by atoms with Gasteiger partial charge in [-0.3, -0.25) is 4.57 Å². The first-order chi connectivity index (χ1) is 26.8. The molecule has 0 aliphatic rings. The van der Waals surface area contributed by atoms with Gasteiger partial charge in [0.1, 0.15) is 5.58 Å². The normalized spacial score (nSPS) is 11.7. The minimum absolute atomic E-state index is 0.866. The summed E-state index contributed by atoms with van der Waals surface area (Å²) in [5.41, 5.74) is 12.0. The zero-order chi connectivity index (χ0) is 35.6. The van der Waals surface area contributed by atoms with Crippen molar-refractivity contribution in [2.75, 3.05) is 4.90 Å². The lowest BCUT2D eigenvalue weighted by Gasteiger charge is -2.27. The van der Waals surface area contributed by atoms with E-state index in [1.165, 1.54) is 42.4 Å². The summed E-state index contributed by atoms with van der Waals surface area (Å²) < 4.78 is 11.4. The first-order valence-electron chi connectivity index (χ1n) is 18.3. The molecule has 0 unspecified atom stereocenters. The van der Waals surface area contributed by atoms with Gasteiger partial charge in [-0.25, -0.2) is 0 Å². The average molecular weight is 709 g/mol. The van der Waals surface area contributed by atoms with Crippen LogP contribution < -0.4 is 4.90 Å². The SMILES string of the molecule is c1ccc(-c2ccc(N(c3cccc(-c4ccc5c(c4)c4c6ccccc6oc4n5-c4ccccc4)c3)c3cccc4c3sc3ccccc34)cc2)cc1. The second-order valence-electron chi connectivity index (χ2n) is 13.7. The van der Waals surface area contributed by atoms with Gasteiger partial charge in [-0.2, -0.15) is 0 Å². The lowest BCUT2D eigenvalue weighted by molar-refractivity contribution is 0.645. The van der Waals surface area contributed by atoms with Crippen molar-refractivity contribution < 1.29 is 4.42 Å². The van der Waals surface area contributed by atoms with Crippen molar-refractivity contribution in [2.24, 2.45) is 0 Å². The summed E-state index contributed by atoms with van der Waals surface area (Å²) in [5.74, 6) is 0. The van der Waals surface area contributed by atoms with Gasteiger partial charge in [0.15, 0.2) is 0 Å². The monoisotopic (exact) mass is 708 g/mol. The summed E-state index contributed by atoms with van der Waals surface area (Å²) >= 11 is 1.86. The third kappa shape index (κ3) is 4.88. The second-order valence-corrected chi connectivity index (χ2v) is 14.8. The molecule has 0 aliphatic heterocycles. The molecule has 0 spiro atoms. The Morgan fingerprint density at radius 2 is 1.09 bits per heavy atom. The molecule has 11 aromatic rings. The molecule has 0 fully saturated rings. The standard InChI is InChI=1S/C50H32N2OS/c1-3-13-33(14-4-1)34-25-28-38(29-26-34)51(45-22-12-21-41-40-19-8-10-24-47(40)54-49(41)45)39-18-11-15-35(31-39)36-27-30-44-43(32-36)48-42-20-7-9-23-46(42)53-50(48)52(44)37-16-5-2-6-17-37/h1-32H. The average Bonchev–Trinajstić information content (AvgIpc) is 3.91. The van der Waals surface area contributed by atoms with Crippen LogP contribution in [0.15, 0.2) is 199 Å². The summed E-state index contributed by atoms with van der Waals surface area (Å²) in [6.07, 6.45) is 0. The van der Waals surface area contributed by atoms with Gasteiger partial charge in [-0.15, -0.1) is 11.3 Å². The van der Waals surface area contributed by atoms with E-state index in [1.807, 2.05) is 17.4 Å². The van der Waals surface area contributed by atoms with E-state index >= 15 is 0 Å². The summed E-state index contributed by atoms with van der Waals surface area (Å²) in [5, 5.41) is 6.00. The zero-order valence-corrected chi connectivity index (χ0v) is 30.0. The zero-order valence-electron chi connectivity index (χ0n) is 29.2. The van der Waals surface area contributed by atoms with Crippen LogP contribution in [0.25, 0.3) is 81.1 Å². The molecule has 3 nitrogen and oxygen atoms in total. The van der Waals surface area contributed by atoms with Crippen molar-refractivity contribution in [1.82, 2.24) is 4.57 Å². The molecule has 0 saturated carbocycles. The van der Waals surface area contributed by atoms with Gasteiger partial charge < -0.3 is 9.32 Å². The maximum atomic E-state index is 6.57. The molecule has 254 valence electrons. The number of thiophene rings is 1. The summed E-state index contributed by atoms with van der Waals surface area (Å²) in [6, 6.07) is 69.6. The van der Waals surface area contributed by atoms with Crippen LogP contribution in [0, 0.1) is 0 Å². The van der Waals surface area contributed by atoms with Crippen LogP contribution >= 0.6 is 11.3 Å². The second kappa shape index (κ2) is 12.4. The molecule has 11 rings (SSSR count). The van der Waals surface area contributed by atoms with Crippen LogP contribution in [0.2, 0.25) is 0 Å². The smallest absolute Gasteiger partial charge is 0.213 e. The number of hydrogen-bond acceptors (Lipinski definition) is 3. The number of para-hydroxylation sites is 2. The lowest BCUT2D eigenvalue weighted by atomic mass is 10.0. The number of nitrogens with zero attached hydrogens (tertiary/aromatic N) is 2. The first kappa shape index (κ1) is 30.7. The predicted octanol–water partition coefficient (Wildman–Crippen LogP) is 14.7. The topological polar surface area (TPSA) is 21.3 Å². The van der Waals surface area contributed by atoms with E-state index in [-0.39, 0.29) is 0 Å². The molecule has 54 heavy (non-hydrogen) atoms. The number of benzene rings is 8. The van der Waals surface area contributed by atoms with Crippen LogP contribution in [0.5, 0.6) is 0 Å². The Kier molecular flexibility index (Phi) is 7.04. The highest BCUT2D eigenvalue weighted by atomic mass is 32.1. The van der Waals surface area contributed by atoms with Crippen molar-refractivity contribution in [3.63, 3.8) is 0 Å². The fourth-order valence-corrected chi connectivity index (χ4v) is 9.30. The van der Waals surface area contributed by atoms with E-state index in [0.717, 1.165) is 55.8 Å². The highest BCUT2D eigenvalue weighted by Crippen LogP contribution is 2.46. The fraction of sp³-hybridized carbons (Fsp3) is 0. The van der Waals surface area contributed by atoms with E-state index in [0.29, 0.717) is 0 Å². The molecule has 3 aromatic heterocycles. The van der Waals surface area contributed by atoms with Crippen molar-refractivity contribution in [2.45, 2.75) is 0 Å². The maximum Gasteiger partial charge on any atom is 0.213 e. The summed E-state index contributed by atoms with van der Waals surface area (Å²) in [7, 11) is 0. The molecule has 0 saturated heterocycles. The summed E-state index contributed by atoms with van der Waals surface area (Å²) in [4.78, 5) is 2.42. The number of fused-ring (bicyclic) bond motifs is 8. The molecule has 3 heterocycles. The highest BCUT2D eigenvalue weighted by Gasteiger charge is 2.21. The molecule has 0 N–H and O–H groups in total. The predicted molar refractivity (Wildman–Crippen MR) is 229 cm³/mol. The summed E-state index contributed by atoms with van der Waals surface area (Å²) in [6.45, 7) is 0. The third-order valence-electron chi connectivity index (χ3n) is 10.6. The molecule has 8 aromatic carbocycles. The molecule has 0 atom stereocenters. The van der Waals surface area contributed by atoms with Gasteiger partial charge in [-0.1, -0.05) is 127 Å². The van der Waals surface area contributed by atoms with E-state index in [9.17, 15) is 0 Å². The Bertz CT molecular complexity index is 3150. The van der Waals surface area contributed by atoms with Gasteiger partial charge in [0.25, 0.3) is 0 Å². The largest absolute Gasteiger partial charge is 0.439 e. The van der Waals surface area contributed by atoms with E-state index < -0.39 is 0 Å². The Balaban J connectivity index is 1.10. The fourth-order valence-electron chi connectivity index (χ4n) is 8.10. The molecule has 4 heteroatoms. The molecule has 0 bridgehead atoms. The number of aromatic nitrogens is 1. The Morgan fingerprint density at radius 3 is 1.94 bits per heavy atom. The molecule has 0 aliphatic carbocycles. The first-order valence-corrected chi connectivity index (χ1v) is 19.1. The number of rotatable bonds is 6. The molecular formula is C50H32N2OS. The number of anilines is 3.